The standard InChI is InChI=1S/C32H58N2O7S2/c1-26(2)24-39-21-22-41-32(8,43-42-31(5,6)7)25-40-29-12-9-11-28(23-29)30(35)34-14-16-37-18-20-38-19-17-36-15-10-13-33-27(3)4/h9,11-12,23,26-27,33H,10,13-22,24-25H2,1-8H3,(H,34,35). The van der Waals surface area contributed by atoms with Gasteiger partial charge in [0.15, 0.2) is 4.93 Å². The minimum atomic E-state index is -0.587. The van der Waals surface area contributed by atoms with Gasteiger partial charge in [-0.25, -0.2) is 0 Å². The van der Waals surface area contributed by atoms with E-state index in [9.17, 15) is 4.79 Å². The molecule has 0 heterocycles. The van der Waals surface area contributed by atoms with Gasteiger partial charge in [0.05, 0.1) is 46.2 Å². The largest absolute Gasteiger partial charge is 0.490 e. The topological polar surface area (TPSA) is 96.5 Å². The van der Waals surface area contributed by atoms with Crippen molar-refractivity contribution < 1.29 is 33.2 Å². The van der Waals surface area contributed by atoms with E-state index >= 15 is 0 Å². The minimum absolute atomic E-state index is 0.0672. The van der Waals surface area contributed by atoms with Crippen molar-refractivity contribution in [1.82, 2.24) is 10.6 Å². The van der Waals surface area contributed by atoms with Crippen LogP contribution in [0.5, 0.6) is 5.75 Å². The smallest absolute Gasteiger partial charge is 0.251 e. The maximum absolute atomic E-state index is 12.7. The van der Waals surface area contributed by atoms with E-state index in [2.05, 4.69) is 59.1 Å². The Morgan fingerprint density at radius 3 is 2.12 bits per heavy atom. The Morgan fingerprint density at radius 1 is 0.814 bits per heavy atom. The number of nitrogens with one attached hydrogen (secondary N) is 2. The van der Waals surface area contributed by atoms with Gasteiger partial charge in [-0.05, 0) is 44.0 Å². The molecule has 2 N–H and O–H groups in total. The molecule has 0 radical (unpaired) electrons. The second kappa shape index (κ2) is 23.3. The van der Waals surface area contributed by atoms with Crippen LogP contribution in [0.1, 0.15) is 72.2 Å². The highest BCUT2D eigenvalue weighted by atomic mass is 33.1. The molecule has 0 saturated carbocycles. The second-order valence-electron chi connectivity index (χ2n) is 12.1. The molecule has 0 saturated heterocycles. The van der Waals surface area contributed by atoms with Crippen LogP contribution in [0, 0.1) is 5.92 Å². The normalized spacial score (nSPS) is 13.4. The maximum Gasteiger partial charge on any atom is 0.251 e. The molecule has 0 spiro atoms. The fourth-order valence-electron chi connectivity index (χ4n) is 3.33. The van der Waals surface area contributed by atoms with Gasteiger partial charge in [0.25, 0.3) is 5.91 Å². The zero-order chi connectivity index (χ0) is 32.0. The molecule has 0 fully saturated rings. The van der Waals surface area contributed by atoms with E-state index in [1.54, 1.807) is 33.7 Å². The summed E-state index contributed by atoms with van der Waals surface area (Å²) in [4.78, 5) is 12.1. The molecule has 1 atom stereocenters. The summed E-state index contributed by atoms with van der Waals surface area (Å²) in [5, 5.41) is 6.25. The van der Waals surface area contributed by atoms with Gasteiger partial charge in [0.2, 0.25) is 0 Å². The molecule has 0 aliphatic carbocycles. The zero-order valence-electron chi connectivity index (χ0n) is 27.8. The Bertz CT molecular complexity index is 855. The number of hydrogen-bond acceptors (Lipinski definition) is 10. The number of carbonyl (C=O) groups excluding carboxylic acids is 1. The van der Waals surface area contributed by atoms with Gasteiger partial charge in [-0.2, -0.15) is 0 Å². The molecule has 11 heteroatoms. The van der Waals surface area contributed by atoms with E-state index in [-0.39, 0.29) is 10.7 Å². The molecule has 1 unspecified atom stereocenters. The molecule has 0 aliphatic rings. The molecule has 250 valence electrons. The quantitative estimate of drug-likeness (QED) is 0.0729. The first-order valence-corrected chi connectivity index (χ1v) is 17.6. The molecule has 9 nitrogen and oxygen atoms in total. The molecular formula is C32H58N2O7S2. The summed E-state index contributed by atoms with van der Waals surface area (Å²) in [6.07, 6.45) is 0.990. The lowest BCUT2D eigenvalue weighted by atomic mass is 10.2. The fourth-order valence-corrected chi connectivity index (χ4v) is 5.56. The van der Waals surface area contributed by atoms with Crippen molar-refractivity contribution in [3.05, 3.63) is 29.8 Å². The van der Waals surface area contributed by atoms with Crippen molar-refractivity contribution in [1.29, 1.82) is 0 Å². The highest BCUT2D eigenvalue weighted by Crippen LogP contribution is 2.44. The summed E-state index contributed by atoms with van der Waals surface area (Å²) >= 11 is 0. The zero-order valence-corrected chi connectivity index (χ0v) is 29.5. The van der Waals surface area contributed by atoms with E-state index in [1.165, 1.54) is 0 Å². The number of carbonyl (C=O) groups is 1. The molecule has 0 aromatic heterocycles. The highest BCUT2D eigenvalue weighted by molar-refractivity contribution is 8.77. The van der Waals surface area contributed by atoms with E-state index in [1.807, 2.05) is 19.1 Å². The summed E-state index contributed by atoms with van der Waals surface area (Å²) in [6.45, 7) is 23.7. The van der Waals surface area contributed by atoms with Gasteiger partial charge in [-0.1, -0.05) is 76.1 Å². The van der Waals surface area contributed by atoms with Crippen LogP contribution in [0.25, 0.3) is 0 Å². The molecule has 1 aromatic rings. The van der Waals surface area contributed by atoms with Crippen molar-refractivity contribution in [2.24, 2.45) is 5.92 Å². The predicted octanol–water partition coefficient (Wildman–Crippen LogP) is 5.82. The van der Waals surface area contributed by atoms with Crippen LogP contribution in [0.3, 0.4) is 0 Å². The number of rotatable bonds is 26. The van der Waals surface area contributed by atoms with E-state index in [4.69, 9.17) is 28.4 Å². The predicted molar refractivity (Wildman–Crippen MR) is 179 cm³/mol. The lowest BCUT2D eigenvalue weighted by molar-refractivity contribution is -0.0275. The van der Waals surface area contributed by atoms with Crippen molar-refractivity contribution in [2.45, 2.75) is 77.5 Å². The van der Waals surface area contributed by atoms with Crippen molar-refractivity contribution in [2.75, 3.05) is 79.2 Å². The number of ether oxygens (including phenoxy) is 6. The van der Waals surface area contributed by atoms with Crippen molar-refractivity contribution >= 4 is 27.5 Å². The van der Waals surface area contributed by atoms with Crippen molar-refractivity contribution in [3.63, 3.8) is 0 Å². The molecule has 1 amide bonds. The third kappa shape index (κ3) is 23.0. The Hall–Kier alpha value is -1.05. The monoisotopic (exact) mass is 646 g/mol. The van der Waals surface area contributed by atoms with Gasteiger partial charge in [-0.15, -0.1) is 0 Å². The molecule has 1 aromatic carbocycles. The first-order valence-electron chi connectivity index (χ1n) is 15.5. The van der Waals surface area contributed by atoms with Crippen LogP contribution in [-0.4, -0.2) is 101 Å². The highest BCUT2D eigenvalue weighted by Gasteiger charge is 2.30. The van der Waals surface area contributed by atoms with Crippen molar-refractivity contribution in [3.8, 4) is 5.75 Å². The number of benzene rings is 1. The van der Waals surface area contributed by atoms with Crippen LogP contribution in [-0.2, 0) is 23.7 Å². The summed E-state index contributed by atoms with van der Waals surface area (Å²) in [5.41, 5.74) is 0.530. The summed E-state index contributed by atoms with van der Waals surface area (Å²) in [7, 11) is 3.41. The van der Waals surface area contributed by atoms with Crippen LogP contribution >= 0.6 is 21.6 Å². The first kappa shape index (κ1) is 40.0. The van der Waals surface area contributed by atoms with Crippen LogP contribution in [0.15, 0.2) is 24.3 Å². The van der Waals surface area contributed by atoms with Gasteiger partial charge < -0.3 is 39.1 Å². The third-order valence-corrected chi connectivity index (χ3v) is 9.42. The summed E-state index contributed by atoms with van der Waals surface area (Å²) in [5.74, 6) is 0.926. The summed E-state index contributed by atoms with van der Waals surface area (Å²) < 4.78 is 34.7. The molecular weight excluding hydrogens is 588 g/mol. The van der Waals surface area contributed by atoms with Crippen LogP contribution < -0.4 is 15.4 Å². The van der Waals surface area contributed by atoms with Crippen LogP contribution in [0.2, 0.25) is 0 Å². The van der Waals surface area contributed by atoms with E-state index in [0.29, 0.717) is 89.3 Å². The van der Waals surface area contributed by atoms with Gasteiger partial charge in [0.1, 0.15) is 12.4 Å². The Kier molecular flexibility index (Phi) is 21.7. The Balaban J connectivity index is 2.32. The molecule has 1 rings (SSSR count). The van der Waals surface area contributed by atoms with Crippen LogP contribution in [0.4, 0.5) is 0 Å². The molecule has 0 aliphatic heterocycles. The lowest BCUT2D eigenvalue weighted by Gasteiger charge is -2.31. The lowest BCUT2D eigenvalue weighted by Crippen LogP contribution is -2.34. The Labute approximate surface area is 269 Å². The average Bonchev–Trinajstić information content (AvgIpc) is 2.94. The van der Waals surface area contributed by atoms with Gasteiger partial charge >= 0.3 is 0 Å². The molecule has 43 heavy (non-hydrogen) atoms. The fraction of sp³-hybridized carbons (Fsp3) is 0.781. The van der Waals surface area contributed by atoms with E-state index in [0.717, 1.165) is 19.6 Å². The minimum Gasteiger partial charge on any atom is -0.490 e. The Morgan fingerprint density at radius 2 is 1.47 bits per heavy atom. The third-order valence-electron chi connectivity index (χ3n) is 5.45. The SMILES string of the molecule is CC(C)COCCOC(C)(COc1cccc(C(=O)NCCOCCOCCOCCCNC(C)C)c1)SSC(C)(C)C. The van der Waals surface area contributed by atoms with Gasteiger partial charge in [-0.3, -0.25) is 4.79 Å². The first-order chi connectivity index (χ1) is 20.4. The summed E-state index contributed by atoms with van der Waals surface area (Å²) in [6, 6.07) is 7.69. The number of amides is 1. The maximum atomic E-state index is 12.7. The van der Waals surface area contributed by atoms with E-state index < -0.39 is 4.93 Å². The average molecular weight is 647 g/mol. The molecule has 0 bridgehead atoms. The number of hydrogen-bond donors (Lipinski definition) is 2. The second-order valence-corrected chi connectivity index (χ2v) is 15.5. The van der Waals surface area contributed by atoms with Gasteiger partial charge in [0, 0.05) is 36.1 Å².